The van der Waals surface area contributed by atoms with Gasteiger partial charge in [-0.2, -0.15) is 0 Å². The Morgan fingerprint density at radius 1 is 0.667 bits per heavy atom. The van der Waals surface area contributed by atoms with E-state index >= 15 is 0 Å². The number of hydrogen-bond acceptors (Lipinski definition) is 3. The van der Waals surface area contributed by atoms with Crippen LogP contribution in [0.4, 0.5) is 17.1 Å². The second-order valence-electron chi connectivity index (χ2n) is 5.94. The molecule has 0 saturated carbocycles. The molecule has 0 fully saturated rings. The molecule has 0 radical (unpaired) electrons. The van der Waals surface area contributed by atoms with E-state index in [2.05, 4.69) is 10.9 Å². The standard InChI is InChI=1S/C22H21N3O2/c26-21(24-23-18-10-4-1-5-11-18)16-17-22(27)25(19-12-6-2-7-13-19)20-14-8-3-9-15-20/h1-15,23H,16-17H2,(H,24,26). The van der Waals surface area contributed by atoms with E-state index in [1.165, 1.54) is 0 Å². The molecule has 0 atom stereocenters. The Kier molecular flexibility index (Phi) is 6.20. The molecule has 0 unspecified atom stereocenters. The highest BCUT2D eigenvalue weighted by atomic mass is 16.2. The molecule has 0 aromatic heterocycles. The summed E-state index contributed by atoms with van der Waals surface area (Å²) in [5, 5.41) is 0. The smallest absolute Gasteiger partial charge is 0.238 e. The molecule has 0 aliphatic heterocycles. The van der Waals surface area contributed by atoms with Gasteiger partial charge in [0.2, 0.25) is 11.8 Å². The summed E-state index contributed by atoms with van der Waals surface area (Å²) in [5.74, 6) is -0.379. The van der Waals surface area contributed by atoms with Crippen molar-refractivity contribution in [2.75, 3.05) is 10.3 Å². The Morgan fingerprint density at radius 3 is 1.67 bits per heavy atom. The first-order valence-corrected chi connectivity index (χ1v) is 8.77. The summed E-state index contributed by atoms with van der Waals surface area (Å²) in [7, 11) is 0. The molecule has 2 amide bonds. The fourth-order valence-corrected chi connectivity index (χ4v) is 2.65. The van der Waals surface area contributed by atoms with E-state index in [0.29, 0.717) is 0 Å². The van der Waals surface area contributed by atoms with Gasteiger partial charge in [-0.1, -0.05) is 54.6 Å². The van der Waals surface area contributed by atoms with Crippen molar-refractivity contribution in [3.05, 3.63) is 91.0 Å². The predicted octanol–water partition coefficient (Wildman–Crippen LogP) is 4.27. The summed E-state index contributed by atoms with van der Waals surface area (Å²) in [4.78, 5) is 26.6. The molecular weight excluding hydrogens is 338 g/mol. The fourth-order valence-electron chi connectivity index (χ4n) is 2.65. The normalized spacial score (nSPS) is 10.1. The van der Waals surface area contributed by atoms with Crippen LogP contribution in [0, 0.1) is 0 Å². The zero-order valence-corrected chi connectivity index (χ0v) is 14.8. The van der Waals surface area contributed by atoms with Crippen molar-refractivity contribution in [1.29, 1.82) is 0 Å². The SMILES string of the molecule is O=C(CCC(=O)N(c1ccccc1)c1ccccc1)NNc1ccccc1. The maximum absolute atomic E-state index is 12.8. The van der Waals surface area contributed by atoms with Gasteiger partial charge < -0.3 is 0 Å². The molecular formula is C22H21N3O2. The van der Waals surface area contributed by atoms with E-state index in [4.69, 9.17) is 0 Å². The summed E-state index contributed by atoms with van der Waals surface area (Å²) < 4.78 is 0. The van der Waals surface area contributed by atoms with Gasteiger partial charge in [0, 0.05) is 24.2 Å². The van der Waals surface area contributed by atoms with Crippen LogP contribution in [0.15, 0.2) is 91.0 Å². The van der Waals surface area contributed by atoms with Crippen molar-refractivity contribution >= 4 is 28.9 Å². The molecule has 3 aromatic rings. The number of anilines is 3. The van der Waals surface area contributed by atoms with Crippen LogP contribution in [0.1, 0.15) is 12.8 Å². The summed E-state index contributed by atoms with van der Waals surface area (Å²) in [6.07, 6.45) is 0.195. The third-order valence-corrected chi connectivity index (χ3v) is 3.96. The van der Waals surface area contributed by atoms with Crippen molar-refractivity contribution in [3.8, 4) is 0 Å². The van der Waals surface area contributed by atoms with E-state index in [-0.39, 0.29) is 24.7 Å². The first-order valence-electron chi connectivity index (χ1n) is 8.77. The monoisotopic (exact) mass is 359 g/mol. The highest BCUT2D eigenvalue weighted by Gasteiger charge is 2.18. The molecule has 0 aliphatic carbocycles. The topological polar surface area (TPSA) is 61.4 Å². The lowest BCUT2D eigenvalue weighted by molar-refractivity contribution is -0.124. The molecule has 27 heavy (non-hydrogen) atoms. The van der Waals surface area contributed by atoms with Crippen LogP contribution in [-0.2, 0) is 9.59 Å². The molecule has 136 valence electrons. The number of benzene rings is 3. The number of para-hydroxylation sites is 3. The molecule has 3 rings (SSSR count). The van der Waals surface area contributed by atoms with Crippen molar-refractivity contribution in [2.24, 2.45) is 0 Å². The highest BCUT2D eigenvalue weighted by Crippen LogP contribution is 2.26. The summed E-state index contributed by atoms with van der Waals surface area (Å²) in [6.45, 7) is 0. The van der Waals surface area contributed by atoms with Gasteiger partial charge in [-0.25, -0.2) is 0 Å². The number of nitrogens with zero attached hydrogens (tertiary/aromatic N) is 1. The number of nitrogens with one attached hydrogen (secondary N) is 2. The maximum atomic E-state index is 12.8. The first-order chi connectivity index (χ1) is 13.2. The van der Waals surface area contributed by atoms with Gasteiger partial charge in [-0.05, 0) is 36.4 Å². The summed E-state index contributed by atoms with van der Waals surface area (Å²) in [5.41, 5.74) is 7.78. The Hall–Kier alpha value is -3.60. The van der Waals surface area contributed by atoms with Gasteiger partial charge >= 0.3 is 0 Å². The number of hydrogen-bond donors (Lipinski definition) is 2. The zero-order chi connectivity index (χ0) is 18.9. The predicted molar refractivity (Wildman–Crippen MR) is 107 cm³/mol. The minimum absolute atomic E-state index is 0.0921. The van der Waals surface area contributed by atoms with Gasteiger partial charge in [0.1, 0.15) is 0 Å². The van der Waals surface area contributed by atoms with Crippen molar-refractivity contribution < 1.29 is 9.59 Å². The third kappa shape index (κ3) is 5.19. The van der Waals surface area contributed by atoms with Crippen LogP contribution in [0.3, 0.4) is 0 Å². The van der Waals surface area contributed by atoms with Gasteiger partial charge in [-0.3, -0.25) is 25.3 Å². The quantitative estimate of drug-likeness (QED) is 0.619. The first kappa shape index (κ1) is 18.2. The van der Waals surface area contributed by atoms with Crippen molar-refractivity contribution in [3.63, 3.8) is 0 Å². The zero-order valence-electron chi connectivity index (χ0n) is 14.8. The summed E-state index contributed by atoms with van der Waals surface area (Å²) >= 11 is 0. The van der Waals surface area contributed by atoms with Crippen molar-refractivity contribution in [1.82, 2.24) is 5.43 Å². The Labute approximate surface area is 158 Å². The number of amides is 2. The molecule has 0 spiro atoms. The van der Waals surface area contributed by atoms with Crippen LogP contribution in [0.5, 0.6) is 0 Å². The maximum Gasteiger partial charge on any atom is 0.238 e. The number of hydrazine groups is 1. The lowest BCUT2D eigenvalue weighted by Crippen LogP contribution is -2.32. The average Bonchev–Trinajstić information content (AvgIpc) is 2.73. The average molecular weight is 359 g/mol. The Morgan fingerprint density at radius 2 is 1.15 bits per heavy atom. The van der Waals surface area contributed by atoms with Gasteiger partial charge in [0.15, 0.2) is 0 Å². The fraction of sp³-hybridized carbons (Fsp3) is 0.0909. The molecule has 3 aromatic carbocycles. The molecule has 0 bridgehead atoms. The van der Waals surface area contributed by atoms with E-state index in [1.807, 2.05) is 91.0 Å². The van der Waals surface area contributed by atoms with Gasteiger partial charge in [0.05, 0.1) is 5.69 Å². The number of carbonyl (C=O) groups excluding carboxylic acids is 2. The minimum Gasteiger partial charge on any atom is -0.299 e. The third-order valence-electron chi connectivity index (χ3n) is 3.96. The van der Waals surface area contributed by atoms with Gasteiger partial charge in [0.25, 0.3) is 0 Å². The Bertz CT molecular complexity index is 828. The van der Waals surface area contributed by atoms with Crippen LogP contribution in [0.25, 0.3) is 0 Å². The second-order valence-corrected chi connectivity index (χ2v) is 5.94. The molecule has 2 N–H and O–H groups in total. The largest absolute Gasteiger partial charge is 0.299 e. The van der Waals surface area contributed by atoms with E-state index in [0.717, 1.165) is 17.1 Å². The van der Waals surface area contributed by atoms with Crippen LogP contribution in [-0.4, -0.2) is 11.8 Å². The molecule has 0 aliphatic rings. The molecule has 5 nitrogen and oxygen atoms in total. The summed E-state index contributed by atoms with van der Waals surface area (Å²) in [6, 6.07) is 28.2. The second kappa shape index (κ2) is 9.20. The van der Waals surface area contributed by atoms with Gasteiger partial charge in [-0.15, -0.1) is 0 Å². The number of rotatable bonds is 7. The lowest BCUT2D eigenvalue weighted by Gasteiger charge is -2.23. The van der Waals surface area contributed by atoms with Crippen LogP contribution in [0.2, 0.25) is 0 Å². The van der Waals surface area contributed by atoms with E-state index in [1.54, 1.807) is 4.90 Å². The minimum atomic E-state index is -0.242. The Balaban J connectivity index is 1.62. The molecule has 5 heteroatoms. The molecule has 0 saturated heterocycles. The highest BCUT2D eigenvalue weighted by molar-refractivity contribution is 6.01. The molecule has 0 heterocycles. The van der Waals surface area contributed by atoms with Crippen LogP contribution < -0.4 is 15.8 Å². The number of carbonyl (C=O) groups is 2. The lowest BCUT2D eigenvalue weighted by atomic mass is 10.2. The van der Waals surface area contributed by atoms with Crippen LogP contribution >= 0.6 is 0 Å². The van der Waals surface area contributed by atoms with E-state index < -0.39 is 0 Å². The van der Waals surface area contributed by atoms with E-state index in [9.17, 15) is 9.59 Å². The van der Waals surface area contributed by atoms with Crippen molar-refractivity contribution in [2.45, 2.75) is 12.8 Å².